The molecule has 0 radical (unpaired) electrons. The molecule has 0 atom stereocenters. The topological polar surface area (TPSA) is 94.7 Å². The van der Waals surface area contributed by atoms with Crippen molar-refractivity contribution in [3.05, 3.63) is 95.4 Å². The minimum Gasteiger partial charge on any atom is -0.481 e. The van der Waals surface area contributed by atoms with E-state index in [0.29, 0.717) is 26.3 Å². The van der Waals surface area contributed by atoms with Crippen molar-refractivity contribution in [3.8, 4) is 5.88 Å². The number of carbonyl (C=O) groups is 1. The number of aromatic nitrogens is 3. The number of nitrogens with zero attached hydrogens (tertiary/aromatic N) is 3. The molecule has 0 aliphatic carbocycles. The lowest BCUT2D eigenvalue weighted by Gasteiger charge is -2.08. The maximum absolute atomic E-state index is 13.9. The second kappa shape index (κ2) is 9.28. The second-order valence-electron chi connectivity index (χ2n) is 7.21. The molecule has 33 heavy (non-hydrogen) atoms. The SMILES string of the molecule is COc1cc(CNC(=O)c2cn3c(=O)n(Cc4ccc(Br)c(F)c4)c(=O)c(C)c3s2)ccn1. The Morgan fingerprint density at radius 1 is 1.24 bits per heavy atom. The standard InChI is InChI=1S/C22H18BrFN4O4S/c1-12-20(30)27(10-14-3-4-15(23)16(24)7-14)22(31)28-11-17(33-21(12)28)19(29)26-9-13-5-6-25-18(8-13)32-2/h3-8,11H,9-10H2,1-2H3,(H,26,29). The maximum atomic E-state index is 13.9. The van der Waals surface area contributed by atoms with Crippen molar-refractivity contribution >= 4 is 38.0 Å². The number of amides is 1. The molecule has 0 saturated heterocycles. The molecule has 0 saturated carbocycles. The van der Waals surface area contributed by atoms with Gasteiger partial charge in [-0.1, -0.05) is 6.07 Å². The molecule has 1 amide bonds. The predicted molar refractivity (Wildman–Crippen MR) is 126 cm³/mol. The summed E-state index contributed by atoms with van der Waals surface area (Å²) in [5.74, 6) is -0.434. The van der Waals surface area contributed by atoms with E-state index in [0.717, 1.165) is 21.5 Å². The Morgan fingerprint density at radius 3 is 2.76 bits per heavy atom. The quantitative estimate of drug-likeness (QED) is 0.411. The van der Waals surface area contributed by atoms with E-state index in [1.54, 1.807) is 31.3 Å². The van der Waals surface area contributed by atoms with Crippen LogP contribution in [0.15, 0.2) is 56.8 Å². The van der Waals surface area contributed by atoms with Gasteiger partial charge in [-0.3, -0.25) is 18.6 Å². The number of methoxy groups -OCH3 is 1. The lowest BCUT2D eigenvalue weighted by molar-refractivity contribution is 0.0954. The van der Waals surface area contributed by atoms with Gasteiger partial charge in [0.25, 0.3) is 11.5 Å². The summed E-state index contributed by atoms with van der Waals surface area (Å²) in [6.45, 7) is 1.74. The molecule has 0 unspecified atom stereocenters. The van der Waals surface area contributed by atoms with Gasteiger partial charge in [-0.25, -0.2) is 14.2 Å². The first-order valence-electron chi connectivity index (χ1n) is 9.75. The van der Waals surface area contributed by atoms with Crippen molar-refractivity contribution in [1.82, 2.24) is 19.3 Å². The third-order valence-corrected chi connectivity index (χ3v) is 6.86. The van der Waals surface area contributed by atoms with E-state index in [1.807, 2.05) is 0 Å². The highest BCUT2D eigenvalue weighted by atomic mass is 79.9. The van der Waals surface area contributed by atoms with Crippen LogP contribution in [0, 0.1) is 12.7 Å². The number of hydrogen-bond acceptors (Lipinski definition) is 6. The van der Waals surface area contributed by atoms with Crippen LogP contribution in [-0.2, 0) is 13.1 Å². The van der Waals surface area contributed by atoms with E-state index in [9.17, 15) is 18.8 Å². The molecule has 4 rings (SSSR count). The molecular formula is C22H18BrFN4O4S. The molecule has 0 spiro atoms. The van der Waals surface area contributed by atoms with Gasteiger partial charge in [0.05, 0.1) is 18.1 Å². The van der Waals surface area contributed by atoms with Crippen LogP contribution in [-0.4, -0.2) is 27.0 Å². The van der Waals surface area contributed by atoms with E-state index >= 15 is 0 Å². The first-order valence-corrected chi connectivity index (χ1v) is 11.4. The Balaban J connectivity index is 1.64. The Morgan fingerprint density at radius 2 is 2.03 bits per heavy atom. The van der Waals surface area contributed by atoms with Gasteiger partial charge in [-0.05, 0) is 52.2 Å². The average molecular weight is 533 g/mol. The minimum absolute atomic E-state index is 0.0904. The van der Waals surface area contributed by atoms with Crippen molar-refractivity contribution in [2.24, 2.45) is 0 Å². The summed E-state index contributed by atoms with van der Waals surface area (Å²) < 4.78 is 21.6. The second-order valence-corrected chi connectivity index (χ2v) is 9.09. The molecule has 0 fully saturated rings. The fraction of sp³-hybridized carbons (Fsp3) is 0.182. The largest absolute Gasteiger partial charge is 0.481 e. The van der Waals surface area contributed by atoms with E-state index in [2.05, 4.69) is 26.2 Å². The number of fused-ring (bicyclic) bond motifs is 1. The molecule has 3 heterocycles. The monoisotopic (exact) mass is 532 g/mol. The van der Waals surface area contributed by atoms with Crippen LogP contribution in [0.2, 0.25) is 0 Å². The Labute approximate surface area is 199 Å². The first-order chi connectivity index (χ1) is 15.8. The molecular weight excluding hydrogens is 515 g/mol. The average Bonchev–Trinajstić information content (AvgIpc) is 3.27. The van der Waals surface area contributed by atoms with Crippen molar-refractivity contribution in [1.29, 1.82) is 0 Å². The summed E-state index contributed by atoms with van der Waals surface area (Å²) >= 11 is 4.14. The molecule has 3 aromatic heterocycles. The first kappa shape index (κ1) is 22.9. The van der Waals surface area contributed by atoms with Gasteiger partial charge in [0.15, 0.2) is 0 Å². The number of carbonyl (C=O) groups excluding carboxylic acids is 1. The van der Waals surface area contributed by atoms with Crippen LogP contribution < -0.4 is 21.3 Å². The Bertz CT molecular complexity index is 1490. The molecule has 0 bridgehead atoms. The van der Waals surface area contributed by atoms with Gasteiger partial charge in [0.1, 0.15) is 15.5 Å². The fourth-order valence-electron chi connectivity index (χ4n) is 3.27. The third-order valence-electron chi connectivity index (χ3n) is 5.01. The third kappa shape index (κ3) is 4.60. The van der Waals surface area contributed by atoms with Crippen molar-refractivity contribution in [2.45, 2.75) is 20.0 Å². The number of hydrogen-bond donors (Lipinski definition) is 1. The minimum atomic E-state index is -0.599. The molecule has 0 aliphatic rings. The summed E-state index contributed by atoms with van der Waals surface area (Å²) in [4.78, 5) is 43.3. The zero-order valence-corrected chi connectivity index (χ0v) is 20.0. The molecule has 1 aromatic carbocycles. The smallest absolute Gasteiger partial charge is 0.336 e. The molecule has 170 valence electrons. The van der Waals surface area contributed by atoms with E-state index < -0.39 is 17.1 Å². The molecule has 11 heteroatoms. The number of rotatable bonds is 6. The molecule has 4 aromatic rings. The van der Waals surface area contributed by atoms with Gasteiger partial charge < -0.3 is 10.1 Å². The van der Waals surface area contributed by atoms with Crippen LogP contribution >= 0.6 is 27.3 Å². The van der Waals surface area contributed by atoms with Gasteiger partial charge in [0.2, 0.25) is 5.88 Å². The zero-order valence-electron chi connectivity index (χ0n) is 17.6. The van der Waals surface area contributed by atoms with Crippen LogP contribution in [0.3, 0.4) is 0 Å². The number of nitrogens with one attached hydrogen (secondary N) is 1. The number of benzene rings is 1. The van der Waals surface area contributed by atoms with Crippen LogP contribution in [0.4, 0.5) is 4.39 Å². The van der Waals surface area contributed by atoms with Crippen LogP contribution in [0.5, 0.6) is 5.88 Å². The summed E-state index contributed by atoms with van der Waals surface area (Å²) in [5.41, 5.74) is 0.510. The van der Waals surface area contributed by atoms with E-state index in [1.165, 1.54) is 29.8 Å². The number of halogens is 2. The van der Waals surface area contributed by atoms with E-state index in [-0.39, 0.29) is 23.9 Å². The van der Waals surface area contributed by atoms with Crippen molar-refractivity contribution in [2.75, 3.05) is 7.11 Å². The lowest BCUT2D eigenvalue weighted by atomic mass is 10.2. The maximum Gasteiger partial charge on any atom is 0.336 e. The van der Waals surface area contributed by atoms with Gasteiger partial charge >= 0.3 is 5.69 Å². The summed E-state index contributed by atoms with van der Waals surface area (Å²) in [5, 5.41) is 2.79. The number of pyridine rings is 1. The normalized spacial score (nSPS) is 11.0. The molecule has 1 N–H and O–H groups in total. The van der Waals surface area contributed by atoms with E-state index in [4.69, 9.17) is 4.74 Å². The summed E-state index contributed by atoms with van der Waals surface area (Å²) in [6.07, 6.45) is 2.99. The number of aryl methyl sites for hydroxylation is 1. The van der Waals surface area contributed by atoms with Gasteiger partial charge in [-0.2, -0.15) is 0 Å². The lowest BCUT2D eigenvalue weighted by Crippen LogP contribution is -2.38. The zero-order chi connectivity index (χ0) is 23.7. The highest BCUT2D eigenvalue weighted by Gasteiger charge is 2.18. The number of thiazole rings is 1. The molecule has 8 nitrogen and oxygen atoms in total. The fourth-order valence-corrected chi connectivity index (χ4v) is 4.52. The van der Waals surface area contributed by atoms with Crippen molar-refractivity contribution in [3.63, 3.8) is 0 Å². The van der Waals surface area contributed by atoms with Gasteiger partial charge in [0, 0.05) is 30.6 Å². The van der Waals surface area contributed by atoms with Crippen LogP contribution in [0.25, 0.3) is 4.83 Å². The Hall–Kier alpha value is -3.31. The predicted octanol–water partition coefficient (Wildman–Crippen LogP) is 3.11. The molecule has 0 aliphatic heterocycles. The summed E-state index contributed by atoms with van der Waals surface area (Å²) in [6, 6.07) is 7.87. The summed E-state index contributed by atoms with van der Waals surface area (Å²) in [7, 11) is 1.51. The highest BCUT2D eigenvalue weighted by molar-refractivity contribution is 9.10. The Kier molecular flexibility index (Phi) is 6.43. The van der Waals surface area contributed by atoms with Crippen molar-refractivity contribution < 1.29 is 13.9 Å². The number of ether oxygens (including phenoxy) is 1. The van der Waals surface area contributed by atoms with Gasteiger partial charge in [-0.15, -0.1) is 11.3 Å². The highest BCUT2D eigenvalue weighted by Crippen LogP contribution is 2.20. The van der Waals surface area contributed by atoms with Crippen LogP contribution in [0.1, 0.15) is 26.4 Å².